The highest BCUT2D eigenvalue weighted by atomic mass is 32.1. The number of nitrogens with one attached hydrogen (secondary N) is 2. The Balaban J connectivity index is 1.66. The predicted molar refractivity (Wildman–Crippen MR) is 121 cm³/mol. The van der Waals surface area contributed by atoms with Gasteiger partial charge in [0.25, 0.3) is 5.56 Å². The van der Waals surface area contributed by atoms with Crippen molar-refractivity contribution < 1.29 is 4.39 Å². The van der Waals surface area contributed by atoms with Gasteiger partial charge in [0.15, 0.2) is 5.13 Å². The third-order valence-electron chi connectivity index (χ3n) is 4.91. The van der Waals surface area contributed by atoms with Gasteiger partial charge < -0.3 is 10.3 Å². The van der Waals surface area contributed by atoms with Crippen LogP contribution in [0.15, 0.2) is 71.7 Å². The number of fused-ring (bicyclic) bond motifs is 1. The van der Waals surface area contributed by atoms with E-state index in [0.29, 0.717) is 29.0 Å². The molecule has 3 aromatic heterocycles. The van der Waals surface area contributed by atoms with Crippen LogP contribution in [-0.4, -0.2) is 19.7 Å². The Morgan fingerprint density at radius 2 is 1.97 bits per heavy atom. The summed E-state index contributed by atoms with van der Waals surface area (Å²) >= 11 is 1.53. The number of H-pyrrole nitrogens is 1. The average Bonchev–Trinajstić information content (AvgIpc) is 3.36. The lowest BCUT2D eigenvalue weighted by Gasteiger charge is -2.05. The Hall–Kier alpha value is -3.78. The number of hydrogen-bond donors (Lipinski definition) is 2. The second-order valence-electron chi connectivity index (χ2n) is 7.12. The molecule has 0 amide bonds. The molecule has 0 saturated heterocycles. The van der Waals surface area contributed by atoms with Gasteiger partial charge in [0, 0.05) is 34.1 Å². The van der Waals surface area contributed by atoms with Crippen molar-refractivity contribution in [2.45, 2.75) is 13.5 Å². The molecule has 0 saturated carbocycles. The third-order valence-corrected chi connectivity index (χ3v) is 5.78. The van der Waals surface area contributed by atoms with Crippen LogP contribution < -0.4 is 10.9 Å². The van der Waals surface area contributed by atoms with Crippen LogP contribution in [0.2, 0.25) is 0 Å². The van der Waals surface area contributed by atoms with Crippen molar-refractivity contribution in [3.63, 3.8) is 0 Å². The maximum absolute atomic E-state index is 13.9. The van der Waals surface area contributed by atoms with E-state index in [-0.39, 0.29) is 11.4 Å². The standard InChI is InChI=1S/C23H18FN5OS/c1-14-12-25-23(31-14)26-13-16-11-19-20(15-6-5-7-17(24)10-15)28-29(21(19)27-22(16)30)18-8-3-2-4-9-18/h2-12H,13H2,1H3,(H,25,26)(H,27,30). The van der Waals surface area contributed by atoms with E-state index in [2.05, 4.69) is 15.3 Å². The SMILES string of the molecule is Cc1cnc(NCc2cc3c(-c4cccc(F)c4)nn(-c4ccccc4)c3[nH]c2=O)s1. The van der Waals surface area contributed by atoms with Crippen LogP contribution in [0.1, 0.15) is 10.4 Å². The minimum Gasteiger partial charge on any atom is -0.357 e. The van der Waals surface area contributed by atoms with Crippen LogP contribution in [0.25, 0.3) is 28.0 Å². The highest BCUT2D eigenvalue weighted by Crippen LogP contribution is 2.29. The van der Waals surface area contributed by atoms with Gasteiger partial charge in [-0.25, -0.2) is 14.1 Å². The average molecular weight is 431 g/mol. The molecule has 0 radical (unpaired) electrons. The van der Waals surface area contributed by atoms with Gasteiger partial charge in [0.1, 0.15) is 17.2 Å². The van der Waals surface area contributed by atoms with Gasteiger partial charge in [-0.3, -0.25) is 4.79 Å². The van der Waals surface area contributed by atoms with Crippen LogP contribution in [0.5, 0.6) is 0 Å². The first-order valence-corrected chi connectivity index (χ1v) is 10.5. The van der Waals surface area contributed by atoms with Crippen molar-refractivity contribution in [1.29, 1.82) is 0 Å². The Morgan fingerprint density at radius 3 is 2.71 bits per heavy atom. The molecule has 0 aliphatic rings. The number of hydrogen-bond acceptors (Lipinski definition) is 5. The Bertz CT molecular complexity index is 1440. The van der Waals surface area contributed by atoms with Crippen molar-refractivity contribution >= 4 is 27.5 Å². The van der Waals surface area contributed by atoms with E-state index in [0.717, 1.165) is 21.1 Å². The van der Waals surface area contributed by atoms with Crippen molar-refractivity contribution in [3.05, 3.63) is 93.5 Å². The van der Waals surface area contributed by atoms with Crippen LogP contribution in [0.4, 0.5) is 9.52 Å². The molecule has 2 N–H and O–H groups in total. The van der Waals surface area contributed by atoms with Gasteiger partial charge in [-0.05, 0) is 37.3 Å². The highest BCUT2D eigenvalue weighted by Gasteiger charge is 2.17. The second kappa shape index (κ2) is 7.81. The van der Waals surface area contributed by atoms with Crippen LogP contribution in [0.3, 0.4) is 0 Å². The molecule has 0 atom stereocenters. The van der Waals surface area contributed by atoms with Gasteiger partial charge >= 0.3 is 0 Å². The van der Waals surface area contributed by atoms with Crippen molar-refractivity contribution in [2.75, 3.05) is 5.32 Å². The van der Waals surface area contributed by atoms with Crippen molar-refractivity contribution in [3.8, 4) is 16.9 Å². The third kappa shape index (κ3) is 3.73. The fourth-order valence-electron chi connectivity index (χ4n) is 3.46. The molecule has 0 fully saturated rings. The topological polar surface area (TPSA) is 75.6 Å². The lowest BCUT2D eigenvalue weighted by atomic mass is 10.1. The van der Waals surface area contributed by atoms with Crippen LogP contribution in [-0.2, 0) is 6.54 Å². The molecule has 0 aliphatic carbocycles. The molecular weight excluding hydrogens is 413 g/mol. The van der Waals surface area contributed by atoms with Gasteiger partial charge in [0.05, 0.1) is 5.69 Å². The van der Waals surface area contributed by atoms with Crippen molar-refractivity contribution in [2.24, 2.45) is 0 Å². The number of aryl methyl sites for hydroxylation is 1. The zero-order valence-electron chi connectivity index (χ0n) is 16.6. The molecule has 154 valence electrons. The number of anilines is 1. The molecule has 5 rings (SSSR count). The Labute approximate surface area is 181 Å². The van der Waals surface area contributed by atoms with E-state index in [9.17, 15) is 9.18 Å². The number of para-hydroxylation sites is 1. The normalized spacial score (nSPS) is 11.2. The zero-order valence-corrected chi connectivity index (χ0v) is 17.4. The molecule has 31 heavy (non-hydrogen) atoms. The number of halogens is 1. The predicted octanol–water partition coefficient (Wildman–Crippen LogP) is 4.90. The Kier molecular flexibility index (Phi) is 4.83. The quantitative estimate of drug-likeness (QED) is 0.415. The maximum Gasteiger partial charge on any atom is 0.254 e. The second-order valence-corrected chi connectivity index (χ2v) is 8.36. The van der Waals surface area contributed by atoms with E-state index in [1.807, 2.05) is 49.4 Å². The summed E-state index contributed by atoms with van der Waals surface area (Å²) < 4.78 is 15.6. The molecule has 8 heteroatoms. The van der Waals surface area contributed by atoms with Crippen LogP contribution >= 0.6 is 11.3 Å². The molecule has 3 heterocycles. The first-order chi connectivity index (χ1) is 15.1. The monoisotopic (exact) mass is 431 g/mol. The first-order valence-electron chi connectivity index (χ1n) is 9.71. The maximum atomic E-state index is 13.9. The number of rotatable bonds is 5. The first kappa shape index (κ1) is 19.2. The number of pyridine rings is 1. The largest absolute Gasteiger partial charge is 0.357 e. The minimum atomic E-state index is -0.342. The van der Waals surface area contributed by atoms with E-state index in [1.165, 1.54) is 23.5 Å². The summed E-state index contributed by atoms with van der Waals surface area (Å²) in [7, 11) is 0. The molecule has 0 bridgehead atoms. The lowest BCUT2D eigenvalue weighted by Crippen LogP contribution is -2.16. The summed E-state index contributed by atoms with van der Waals surface area (Å²) in [5, 5.41) is 9.41. The molecule has 2 aromatic carbocycles. The molecule has 0 unspecified atom stereocenters. The molecule has 0 aliphatic heterocycles. The summed E-state index contributed by atoms with van der Waals surface area (Å²) in [5.41, 5.74) is 2.93. The number of thiazole rings is 1. The summed E-state index contributed by atoms with van der Waals surface area (Å²) in [6.07, 6.45) is 1.78. The zero-order chi connectivity index (χ0) is 21.4. The molecule has 0 spiro atoms. The van der Waals surface area contributed by atoms with Gasteiger partial charge in [-0.2, -0.15) is 5.10 Å². The van der Waals surface area contributed by atoms with Crippen molar-refractivity contribution in [1.82, 2.24) is 19.7 Å². The van der Waals surface area contributed by atoms with Gasteiger partial charge in [0.2, 0.25) is 0 Å². The van der Waals surface area contributed by atoms with Gasteiger partial charge in [-0.1, -0.05) is 30.3 Å². The number of aromatic nitrogens is 4. The summed E-state index contributed by atoms with van der Waals surface area (Å²) in [5.74, 6) is -0.342. The van der Waals surface area contributed by atoms with E-state index < -0.39 is 0 Å². The summed E-state index contributed by atoms with van der Waals surface area (Å²) in [6, 6.07) is 17.6. The van der Waals surface area contributed by atoms with E-state index in [4.69, 9.17) is 5.10 Å². The fraction of sp³-hybridized carbons (Fsp3) is 0.0870. The Morgan fingerprint density at radius 1 is 1.13 bits per heavy atom. The number of nitrogens with zero attached hydrogens (tertiary/aromatic N) is 3. The summed E-state index contributed by atoms with van der Waals surface area (Å²) in [4.78, 5) is 21.2. The lowest BCUT2D eigenvalue weighted by molar-refractivity contribution is 0.628. The highest BCUT2D eigenvalue weighted by molar-refractivity contribution is 7.15. The smallest absolute Gasteiger partial charge is 0.254 e. The van der Waals surface area contributed by atoms with E-state index >= 15 is 0 Å². The number of benzene rings is 2. The minimum absolute atomic E-state index is 0.212. The number of aromatic amines is 1. The van der Waals surface area contributed by atoms with E-state index in [1.54, 1.807) is 16.9 Å². The molecule has 6 nitrogen and oxygen atoms in total. The molecular formula is C23H18FN5OS. The molecule has 5 aromatic rings. The van der Waals surface area contributed by atoms with Gasteiger partial charge in [-0.15, -0.1) is 11.3 Å². The summed E-state index contributed by atoms with van der Waals surface area (Å²) in [6.45, 7) is 2.29. The fourth-order valence-corrected chi connectivity index (χ4v) is 4.12. The van der Waals surface area contributed by atoms with Crippen LogP contribution in [0, 0.1) is 12.7 Å².